The molecule has 1 aliphatic heterocycles. The number of ether oxygens (including phenoxy) is 1. The van der Waals surface area contributed by atoms with Crippen molar-refractivity contribution in [1.82, 2.24) is 10.2 Å². The highest BCUT2D eigenvalue weighted by molar-refractivity contribution is 5.94. The monoisotopic (exact) mass is 290 g/mol. The molecule has 0 aromatic heterocycles. The second kappa shape index (κ2) is 7.57. The summed E-state index contributed by atoms with van der Waals surface area (Å²) >= 11 is 0. The van der Waals surface area contributed by atoms with Gasteiger partial charge in [-0.25, -0.2) is 0 Å². The predicted molar refractivity (Wildman–Crippen MR) is 84.9 cm³/mol. The van der Waals surface area contributed by atoms with E-state index in [9.17, 15) is 4.79 Å². The first-order valence-corrected chi connectivity index (χ1v) is 7.69. The number of piperidine rings is 1. The maximum atomic E-state index is 11.5. The zero-order valence-corrected chi connectivity index (χ0v) is 13.3. The molecule has 21 heavy (non-hydrogen) atoms. The summed E-state index contributed by atoms with van der Waals surface area (Å²) in [4.78, 5) is 14.0. The molecule has 0 saturated carbocycles. The number of carbonyl (C=O) groups excluding carboxylic acids is 1. The number of rotatable bonds is 6. The van der Waals surface area contributed by atoms with Crippen molar-refractivity contribution in [1.29, 1.82) is 0 Å². The quantitative estimate of drug-likeness (QED) is 0.817. The number of nitrogens with one attached hydrogen (secondary N) is 1. The number of Topliss-reactive ketones (excluding diaryl/α,β-unsaturated/α-hetero) is 1. The molecule has 1 heterocycles. The zero-order chi connectivity index (χ0) is 15.2. The average molecular weight is 290 g/mol. The van der Waals surface area contributed by atoms with Crippen molar-refractivity contribution in [2.45, 2.75) is 26.3 Å². The Morgan fingerprint density at radius 1 is 1.38 bits per heavy atom. The smallest absolute Gasteiger partial charge is 0.159 e. The number of carbonyl (C=O) groups is 1. The molecular weight excluding hydrogens is 264 g/mol. The van der Waals surface area contributed by atoms with Gasteiger partial charge in [0.05, 0.1) is 7.11 Å². The molecule has 2 rings (SSSR count). The number of hydrogen-bond acceptors (Lipinski definition) is 4. The van der Waals surface area contributed by atoms with Gasteiger partial charge < -0.3 is 10.1 Å². The van der Waals surface area contributed by atoms with Gasteiger partial charge in [-0.3, -0.25) is 9.69 Å². The standard InChI is InChI=1S/C17H26N2O2/c1-13(20)15-4-5-17(21-3)16(10-15)12-19-8-6-14(7-9-19)11-18-2/h4-5,10,14,18H,6-9,11-12H2,1-3H3. The molecule has 0 radical (unpaired) electrons. The first-order valence-electron chi connectivity index (χ1n) is 7.69. The molecule has 0 spiro atoms. The molecule has 4 nitrogen and oxygen atoms in total. The van der Waals surface area contributed by atoms with E-state index in [1.165, 1.54) is 12.8 Å². The van der Waals surface area contributed by atoms with Crippen LogP contribution in [-0.4, -0.2) is 44.5 Å². The van der Waals surface area contributed by atoms with Crippen LogP contribution in [-0.2, 0) is 6.54 Å². The molecule has 4 heteroatoms. The van der Waals surface area contributed by atoms with Crippen LogP contribution in [0.1, 0.15) is 35.7 Å². The number of benzene rings is 1. The molecular formula is C17H26N2O2. The van der Waals surface area contributed by atoms with Crippen molar-refractivity contribution in [3.63, 3.8) is 0 Å². The number of hydrogen-bond donors (Lipinski definition) is 1. The Hall–Kier alpha value is -1.39. The van der Waals surface area contributed by atoms with Gasteiger partial charge in [0.1, 0.15) is 5.75 Å². The highest BCUT2D eigenvalue weighted by atomic mass is 16.5. The van der Waals surface area contributed by atoms with E-state index < -0.39 is 0 Å². The van der Waals surface area contributed by atoms with Crippen molar-refractivity contribution >= 4 is 5.78 Å². The van der Waals surface area contributed by atoms with Gasteiger partial charge in [-0.1, -0.05) is 0 Å². The minimum absolute atomic E-state index is 0.103. The van der Waals surface area contributed by atoms with Crippen LogP contribution in [0.5, 0.6) is 5.75 Å². The minimum Gasteiger partial charge on any atom is -0.496 e. The summed E-state index contributed by atoms with van der Waals surface area (Å²) in [5.74, 6) is 1.76. The van der Waals surface area contributed by atoms with Gasteiger partial charge in [-0.15, -0.1) is 0 Å². The Balaban J connectivity index is 2.02. The van der Waals surface area contributed by atoms with Crippen molar-refractivity contribution < 1.29 is 9.53 Å². The van der Waals surface area contributed by atoms with Crippen LogP contribution in [0.3, 0.4) is 0 Å². The highest BCUT2D eigenvalue weighted by Crippen LogP contribution is 2.24. The van der Waals surface area contributed by atoms with E-state index in [1.807, 2.05) is 25.2 Å². The summed E-state index contributed by atoms with van der Waals surface area (Å²) < 4.78 is 5.43. The van der Waals surface area contributed by atoms with Crippen LogP contribution in [0.15, 0.2) is 18.2 Å². The van der Waals surface area contributed by atoms with E-state index in [-0.39, 0.29) is 5.78 Å². The van der Waals surface area contributed by atoms with Crippen molar-refractivity contribution in [3.05, 3.63) is 29.3 Å². The van der Waals surface area contributed by atoms with Crippen molar-refractivity contribution in [2.24, 2.45) is 5.92 Å². The third-order valence-electron chi connectivity index (χ3n) is 4.28. The van der Waals surface area contributed by atoms with Crippen LogP contribution in [0.4, 0.5) is 0 Å². The maximum Gasteiger partial charge on any atom is 0.159 e. The van der Waals surface area contributed by atoms with Gasteiger partial charge in [0, 0.05) is 17.7 Å². The number of ketones is 1. The lowest BCUT2D eigenvalue weighted by molar-refractivity contribution is 0.101. The first kappa shape index (κ1) is 16.0. The average Bonchev–Trinajstić information content (AvgIpc) is 2.49. The fourth-order valence-electron chi connectivity index (χ4n) is 3.00. The number of nitrogens with zero attached hydrogens (tertiary/aromatic N) is 1. The molecule has 0 amide bonds. The van der Waals surface area contributed by atoms with Crippen LogP contribution in [0.2, 0.25) is 0 Å². The molecule has 1 aliphatic rings. The number of likely N-dealkylation sites (tertiary alicyclic amines) is 1. The van der Waals surface area contributed by atoms with Crippen molar-refractivity contribution in [2.75, 3.05) is 33.8 Å². The molecule has 1 fully saturated rings. The van der Waals surface area contributed by atoms with Gasteiger partial charge in [0.2, 0.25) is 0 Å². The second-order valence-corrected chi connectivity index (χ2v) is 5.86. The molecule has 116 valence electrons. The lowest BCUT2D eigenvalue weighted by Gasteiger charge is -2.32. The molecule has 0 bridgehead atoms. The predicted octanol–water partition coefficient (Wildman–Crippen LogP) is 2.33. The van der Waals surface area contributed by atoms with Gasteiger partial charge in [0.25, 0.3) is 0 Å². The van der Waals surface area contributed by atoms with Crippen LogP contribution < -0.4 is 10.1 Å². The Morgan fingerprint density at radius 3 is 2.67 bits per heavy atom. The number of methoxy groups -OCH3 is 1. The molecule has 0 unspecified atom stereocenters. The van der Waals surface area contributed by atoms with E-state index >= 15 is 0 Å². The van der Waals surface area contributed by atoms with E-state index in [2.05, 4.69) is 10.2 Å². The minimum atomic E-state index is 0.103. The topological polar surface area (TPSA) is 41.6 Å². The summed E-state index contributed by atoms with van der Waals surface area (Å²) in [6.45, 7) is 5.79. The van der Waals surface area contributed by atoms with Crippen LogP contribution in [0.25, 0.3) is 0 Å². The van der Waals surface area contributed by atoms with E-state index in [1.54, 1.807) is 14.0 Å². The Kier molecular flexibility index (Phi) is 5.76. The Labute approximate surface area is 127 Å². The lowest BCUT2D eigenvalue weighted by Crippen LogP contribution is -2.36. The van der Waals surface area contributed by atoms with E-state index in [0.717, 1.165) is 49.0 Å². The fraction of sp³-hybridized carbons (Fsp3) is 0.588. The van der Waals surface area contributed by atoms with E-state index in [0.29, 0.717) is 0 Å². The molecule has 1 saturated heterocycles. The zero-order valence-electron chi connectivity index (χ0n) is 13.3. The molecule has 0 atom stereocenters. The van der Waals surface area contributed by atoms with Crippen molar-refractivity contribution in [3.8, 4) is 5.75 Å². The maximum absolute atomic E-state index is 11.5. The third-order valence-corrected chi connectivity index (χ3v) is 4.28. The summed E-state index contributed by atoms with van der Waals surface area (Å²) in [5, 5.41) is 3.26. The SMILES string of the molecule is CNCC1CCN(Cc2cc(C(C)=O)ccc2OC)CC1. The molecule has 1 N–H and O–H groups in total. The Morgan fingerprint density at radius 2 is 2.10 bits per heavy atom. The first-order chi connectivity index (χ1) is 10.1. The normalized spacial score (nSPS) is 16.9. The van der Waals surface area contributed by atoms with Crippen LogP contribution in [0, 0.1) is 5.92 Å². The fourth-order valence-corrected chi connectivity index (χ4v) is 3.00. The van der Waals surface area contributed by atoms with Crippen LogP contribution >= 0.6 is 0 Å². The third kappa shape index (κ3) is 4.29. The van der Waals surface area contributed by atoms with Gasteiger partial charge in [0.15, 0.2) is 5.78 Å². The highest BCUT2D eigenvalue weighted by Gasteiger charge is 2.20. The lowest BCUT2D eigenvalue weighted by atomic mass is 9.96. The largest absolute Gasteiger partial charge is 0.496 e. The van der Waals surface area contributed by atoms with E-state index in [4.69, 9.17) is 4.74 Å². The molecule has 0 aliphatic carbocycles. The van der Waals surface area contributed by atoms with Gasteiger partial charge in [-0.05, 0) is 70.6 Å². The summed E-state index contributed by atoms with van der Waals surface area (Å²) in [7, 11) is 3.70. The molecule has 1 aromatic rings. The summed E-state index contributed by atoms with van der Waals surface area (Å²) in [5.41, 5.74) is 1.87. The van der Waals surface area contributed by atoms with Gasteiger partial charge in [-0.2, -0.15) is 0 Å². The second-order valence-electron chi connectivity index (χ2n) is 5.86. The van der Waals surface area contributed by atoms with Gasteiger partial charge >= 0.3 is 0 Å². The Bertz CT molecular complexity index is 480. The summed E-state index contributed by atoms with van der Waals surface area (Å²) in [6, 6.07) is 5.71. The summed E-state index contributed by atoms with van der Waals surface area (Å²) in [6.07, 6.45) is 2.46. The molecule has 1 aromatic carbocycles.